The summed E-state index contributed by atoms with van der Waals surface area (Å²) < 4.78 is 79.1. The van der Waals surface area contributed by atoms with Crippen LogP contribution < -0.4 is 5.32 Å². The van der Waals surface area contributed by atoms with Gasteiger partial charge in [-0.3, -0.25) is 4.90 Å². The molecule has 0 saturated carbocycles. The molecule has 1 N–H and O–H groups in total. The Kier molecular flexibility index (Phi) is 5.89. The summed E-state index contributed by atoms with van der Waals surface area (Å²) in [5, 5.41) is 2.87. The second kappa shape index (κ2) is 6.85. The molecule has 2 rings (SSSR count). The minimum Gasteiger partial charge on any atom is -0.314 e. The Morgan fingerprint density at radius 3 is 2.00 bits per heavy atom. The molecule has 1 atom stereocenters. The molecule has 2 nitrogen and oxygen atoms in total. The fourth-order valence-electron chi connectivity index (χ4n) is 2.27. The highest BCUT2D eigenvalue weighted by molar-refractivity contribution is 5.85. The summed E-state index contributed by atoms with van der Waals surface area (Å²) in [4.78, 5) is 1.01. The first-order valence-corrected chi connectivity index (χ1v) is 5.96. The SMILES string of the molecule is Cl.Fc1cc(F)c([C@H](N2CCNCC2)C(F)(F)F)cc1F. The maximum atomic E-state index is 13.6. The van der Waals surface area contributed by atoms with Crippen molar-refractivity contribution in [3.8, 4) is 0 Å². The Morgan fingerprint density at radius 2 is 1.48 bits per heavy atom. The van der Waals surface area contributed by atoms with Crippen LogP contribution in [0.2, 0.25) is 0 Å². The van der Waals surface area contributed by atoms with Crippen molar-refractivity contribution in [2.45, 2.75) is 12.2 Å². The number of nitrogens with one attached hydrogen (secondary N) is 1. The molecule has 120 valence electrons. The van der Waals surface area contributed by atoms with Gasteiger partial charge in [0, 0.05) is 37.8 Å². The summed E-state index contributed by atoms with van der Waals surface area (Å²) in [6, 6.07) is -1.85. The van der Waals surface area contributed by atoms with E-state index in [1.165, 1.54) is 0 Å². The average molecular weight is 335 g/mol. The number of nitrogens with zero attached hydrogens (tertiary/aromatic N) is 1. The Bertz CT molecular complexity index is 487. The van der Waals surface area contributed by atoms with E-state index in [1.807, 2.05) is 0 Å². The predicted octanol–water partition coefficient (Wildman–Crippen LogP) is 3.03. The molecule has 0 spiro atoms. The summed E-state index contributed by atoms with van der Waals surface area (Å²) in [5.74, 6) is -4.40. The zero-order valence-electron chi connectivity index (χ0n) is 10.7. The van der Waals surface area contributed by atoms with Gasteiger partial charge in [0.05, 0.1) is 0 Å². The molecule has 9 heteroatoms. The predicted molar refractivity (Wildman–Crippen MR) is 66.8 cm³/mol. The molecule has 0 radical (unpaired) electrons. The summed E-state index contributed by atoms with van der Waals surface area (Å²) in [7, 11) is 0. The Hall–Kier alpha value is -0.990. The van der Waals surface area contributed by atoms with Gasteiger partial charge >= 0.3 is 6.18 Å². The highest BCUT2D eigenvalue weighted by Gasteiger charge is 2.46. The van der Waals surface area contributed by atoms with E-state index >= 15 is 0 Å². The number of halogens is 7. The van der Waals surface area contributed by atoms with Crippen molar-refractivity contribution in [1.82, 2.24) is 10.2 Å². The van der Waals surface area contributed by atoms with Crippen LogP contribution in [-0.2, 0) is 0 Å². The van der Waals surface area contributed by atoms with Gasteiger partial charge < -0.3 is 5.32 Å². The van der Waals surface area contributed by atoms with Gasteiger partial charge in [0.2, 0.25) is 0 Å². The van der Waals surface area contributed by atoms with Gasteiger partial charge in [0.15, 0.2) is 11.6 Å². The van der Waals surface area contributed by atoms with E-state index in [0.717, 1.165) is 4.90 Å². The standard InChI is InChI=1S/C12H12F6N2.ClH/c13-8-6-10(15)9(14)5-7(8)11(12(16,17)18)20-3-1-19-2-4-20;/h5-6,11,19H,1-4H2;1H/t11-;/m0./s1. The molecule has 1 aliphatic heterocycles. The molecule has 0 aromatic heterocycles. The molecular weight excluding hydrogens is 322 g/mol. The van der Waals surface area contributed by atoms with Crippen LogP contribution >= 0.6 is 12.4 Å². The minimum absolute atomic E-state index is 0. The van der Waals surface area contributed by atoms with Gasteiger partial charge in [-0.15, -0.1) is 12.4 Å². The lowest BCUT2D eigenvalue weighted by molar-refractivity contribution is -0.188. The van der Waals surface area contributed by atoms with E-state index in [-0.39, 0.29) is 37.6 Å². The third kappa shape index (κ3) is 4.02. The molecule has 1 heterocycles. The van der Waals surface area contributed by atoms with Gasteiger partial charge in [-0.2, -0.15) is 13.2 Å². The van der Waals surface area contributed by atoms with Gasteiger partial charge in [-0.05, 0) is 6.07 Å². The fraction of sp³-hybridized carbons (Fsp3) is 0.500. The van der Waals surface area contributed by atoms with Crippen molar-refractivity contribution in [2.24, 2.45) is 0 Å². The third-order valence-electron chi connectivity index (χ3n) is 3.16. The molecule has 0 amide bonds. The van der Waals surface area contributed by atoms with Crippen molar-refractivity contribution in [2.75, 3.05) is 26.2 Å². The molecule has 0 unspecified atom stereocenters. The Balaban J connectivity index is 0.00000220. The topological polar surface area (TPSA) is 15.3 Å². The minimum atomic E-state index is -4.78. The first-order chi connectivity index (χ1) is 9.30. The molecule has 1 saturated heterocycles. The number of hydrogen-bond donors (Lipinski definition) is 1. The van der Waals surface area contributed by atoms with E-state index in [0.29, 0.717) is 13.1 Å². The monoisotopic (exact) mass is 334 g/mol. The van der Waals surface area contributed by atoms with Crippen LogP contribution in [0.1, 0.15) is 11.6 Å². The second-order valence-corrected chi connectivity index (χ2v) is 4.52. The molecule has 0 aliphatic carbocycles. The second-order valence-electron chi connectivity index (χ2n) is 4.52. The summed E-state index contributed by atoms with van der Waals surface area (Å²) >= 11 is 0. The highest BCUT2D eigenvalue weighted by atomic mass is 35.5. The largest absolute Gasteiger partial charge is 0.408 e. The van der Waals surface area contributed by atoms with Crippen LogP contribution in [0.4, 0.5) is 26.3 Å². The number of hydrogen-bond acceptors (Lipinski definition) is 2. The van der Waals surface area contributed by atoms with Crippen LogP contribution in [0.15, 0.2) is 12.1 Å². The van der Waals surface area contributed by atoms with Crippen LogP contribution in [0.25, 0.3) is 0 Å². The van der Waals surface area contributed by atoms with Crippen molar-refractivity contribution in [3.63, 3.8) is 0 Å². The first kappa shape index (κ1) is 18.1. The molecule has 1 aromatic rings. The van der Waals surface area contributed by atoms with Crippen molar-refractivity contribution < 1.29 is 26.3 Å². The molecule has 1 aliphatic rings. The normalized spacial score (nSPS) is 18.2. The smallest absolute Gasteiger partial charge is 0.314 e. The number of piperazine rings is 1. The average Bonchev–Trinajstić information content (AvgIpc) is 2.35. The van der Waals surface area contributed by atoms with Crippen LogP contribution in [0.3, 0.4) is 0 Å². The molecule has 21 heavy (non-hydrogen) atoms. The van der Waals surface area contributed by atoms with Crippen molar-refractivity contribution >= 4 is 12.4 Å². The van der Waals surface area contributed by atoms with Crippen LogP contribution in [0, 0.1) is 17.5 Å². The van der Waals surface area contributed by atoms with Crippen molar-refractivity contribution in [1.29, 1.82) is 0 Å². The maximum Gasteiger partial charge on any atom is 0.408 e. The number of rotatable bonds is 2. The van der Waals surface area contributed by atoms with E-state index in [1.54, 1.807) is 0 Å². The van der Waals surface area contributed by atoms with Crippen molar-refractivity contribution in [3.05, 3.63) is 35.1 Å². The number of alkyl halides is 3. The molecule has 0 bridgehead atoms. The van der Waals surface area contributed by atoms with Crippen LogP contribution in [-0.4, -0.2) is 37.3 Å². The zero-order valence-corrected chi connectivity index (χ0v) is 11.5. The van der Waals surface area contributed by atoms with Gasteiger partial charge in [0.25, 0.3) is 0 Å². The Morgan fingerprint density at radius 1 is 0.952 bits per heavy atom. The lowest BCUT2D eigenvalue weighted by Gasteiger charge is -2.36. The van der Waals surface area contributed by atoms with Gasteiger partial charge in [0.1, 0.15) is 11.9 Å². The highest BCUT2D eigenvalue weighted by Crippen LogP contribution is 2.39. The van der Waals surface area contributed by atoms with Crippen LogP contribution in [0.5, 0.6) is 0 Å². The molecular formula is C12H13ClF6N2. The lowest BCUT2D eigenvalue weighted by atomic mass is 10.0. The summed E-state index contributed by atoms with van der Waals surface area (Å²) in [6.45, 7) is 0.723. The molecule has 1 aromatic carbocycles. The number of benzene rings is 1. The fourth-order valence-corrected chi connectivity index (χ4v) is 2.27. The van der Waals surface area contributed by atoms with Gasteiger partial charge in [-0.25, -0.2) is 13.2 Å². The quantitative estimate of drug-likeness (QED) is 0.660. The first-order valence-electron chi connectivity index (χ1n) is 5.96. The van der Waals surface area contributed by atoms with E-state index < -0.39 is 35.2 Å². The maximum absolute atomic E-state index is 13.6. The lowest BCUT2D eigenvalue weighted by Crippen LogP contribution is -2.49. The zero-order chi connectivity index (χ0) is 14.9. The summed E-state index contributed by atoms with van der Waals surface area (Å²) in [5.41, 5.74) is -0.890. The Labute approximate surface area is 123 Å². The summed E-state index contributed by atoms with van der Waals surface area (Å²) in [6.07, 6.45) is -4.78. The van der Waals surface area contributed by atoms with Gasteiger partial charge in [-0.1, -0.05) is 0 Å². The van der Waals surface area contributed by atoms with E-state index in [9.17, 15) is 26.3 Å². The third-order valence-corrected chi connectivity index (χ3v) is 3.16. The van der Waals surface area contributed by atoms with E-state index in [2.05, 4.69) is 5.32 Å². The molecule has 1 fully saturated rings. The van der Waals surface area contributed by atoms with E-state index in [4.69, 9.17) is 0 Å².